The molecule has 19 heavy (non-hydrogen) atoms. The number of nitrogens with zero attached hydrogens (tertiary/aromatic N) is 3. The Balaban J connectivity index is 2.06. The Labute approximate surface area is 112 Å². The molecule has 0 saturated carbocycles. The first-order chi connectivity index (χ1) is 9.35. The number of aromatic nitrogens is 3. The van der Waals surface area contributed by atoms with Crippen molar-refractivity contribution in [2.45, 2.75) is 18.9 Å². The van der Waals surface area contributed by atoms with Crippen LogP contribution < -0.4 is 11.3 Å². The second kappa shape index (κ2) is 6.98. The smallest absolute Gasteiger partial charge is 0.101 e. The van der Waals surface area contributed by atoms with Crippen LogP contribution in [0.5, 0.6) is 0 Å². The molecule has 102 valence electrons. The van der Waals surface area contributed by atoms with E-state index < -0.39 is 0 Å². The number of para-hydroxylation sites is 1. The lowest BCUT2D eigenvalue weighted by atomic mass is 10.1. The van der Waals surface area contributed by atoms with Crippen LogP contribution >= 0.6 is 0 Å². The predicted octanol–water partition coefficient (Wildman–Crippen LogP) is 1.20. The van der Waals surface area contributed by atoms with Gasteiger partial charge in [-0.3, -0.25) is 11.3 Å². The Hall–Kier alpha value is -1.76. The highest BCUT2D eigenvalue weighted by atomic mass is 16.5. The number of nitrogens with one attached hydrogen (secondary N) is 1. The Morgan fingerprint density at radius 3 is 2.84 bits per heavy atom. The van der Waals surface area contributed by atoms with Gasteiger partial charge in [0.05, 0.1) is 17.9 Å². The van der Waals surface area contributed by atoms with Crippen molar-refractivity contribution in [1.82, 2.24) is 20.4 Å². The van der Waals surface area contributed by atoms with Crippen LogP contribution in [0.15, 0.2) is 36.5 Å². The summed E-state index contributed by atoms with van der Waals surface area (Å²) < 4.78 is 5.04. The zero-order chi connectivity index (χ0) is 13.5. The first-order valence-corrected chi connectivity index (χ1v) is 6.28. The lowest BCUT2D eigenvalue weighted by Crippen LogP contribution is -2.28. The van der Waals surface area contributed by atoms with Gasteiger partial charge in [0.2, 0.25) is 0 Å². The molecule has 0 fully saturated rings. The topological polar surface area (TPSA) is 78.0 Å². The molecule has 0 spiro atoms. The maximum atomic E-state index is 5.57. The maximum Gasteiger partial charge on any atom is 0.101 e. The van der Waals surface area contributed by atoms with Gasteiger partial charge >= 0.3 is 0 Å². The van der Waals surface area contributed by atoms with Crippen molar-refractivity contribution < 1.29 is 4.74 Å². The third-order valence-corrected chi connectivity index (χ3v) is 2.90. The molecule has 0 aliphatic heterocycles. The first kappa shape index (κ1) is 13.7. The van der Waals surface area contributed by atoms with Gasteiger partial charge in [0.1, 0.15) is 5.69 Å². The van der Waals surface area contributed by atoms with Gasteiger partial charge < -0.3 is 4.74 Å². The van der Waals surface area contributed by atoms with Crippen LogP contribution in [0.25, 0.3) is 5.69 Å². The Morgan fingerprint density at radius 2 is 2.16 bits per heavy atom. The minimum Gasteiger partial charge on any atom is -0.385 e. The van der Waals surface area contributed by atoms with Crippen LogP contribution in [0.4, 0.5) is 0 Å². The number of hydrogen-bond donors (Lipinski definition) is 2. The summed E-state index contributed by atoms with van der Waals surface area (Å²) >= 11 is 0. The summed E-state index contributed by atoms with van der Waals surface area (Å²) in [6, 6.07) is 9.78. The Morgan fingerprint density at radius 1 is 1.37 bits per heavy atom. The number of rotatable bonds is 7. The molecule has 0 saturated heterocycles. The predicted molar refractivity (Wildman–Crippen MR) is 72.5 cm³/mol. The van der Waals surface area contributed by atoms with Crippen LogP contribution in [-0.4, -0.2) is 28.7 Å². The summed E-state index contributed by atoms with van der Waals surface area (Å²) in [6.45, 7) is 0.713. The van der Waals surface area contributed by atoms with Crippen LogP contribution in [0.2, 0.25) is 0 Å². The molecule has 0 amide bonds. The molecular formula is C13H19N5O. The number of ether oxygens (including phenoxy) is 1. The molecular weight excluding hydrogens is 242 g/mol. The van der Waals surface area contributed by atoms with E-state index in [4.69, 9.17) is 10.6 Å². The standard InChI is InChI=1S/C13H19N5O/c1-19-9-5-8-12(16-14)13-10-15-18(17-13)11-6-3-2-4-7-11/h2-4,6-7,10,12,16H,5,8-9,14H2,1H3. The fourth-order valence-electron chi connectivity index (χ4n) is 1.87. The second-order valence-electron chi connectivity index (χ2n) is 4.25. The molecule has 0 bridgehead atoms. The van der Waals surface area contributed by atoms with E-state index in [0.717, 1.165) is 24.2 Å². The summed E-state index contributed by atoms with van der Waals surface area (Å²) in [5.41, 5.74) is 4.54. The lowest BCUT2D eigenvalue weighted by molar-refractivity contribution is 0.188. The molecule has 1 heterocycles. The number of hydrazine groups is 1. The molecule has 2 aromatic rings. The summed E-state index contributed by atoms with van der Waals surface area (Å²) in [5.74, 6) is 5.57. The largest absolute Gasteiger partial charge is 0.385 e. The third-order valence-electron chi connectivity index (χ3n) is 2.90. The highest BCUT2D eigenvalue weighted by Gasteiger charge is 2.13. The minimum absolute atomic E-state index is 0.00684. The lowest BCUT2D eigenvalue weighted by Gasteiger charge is -2.12. The van der Waals surface area contributed by atoms with Crippen LogP contribution in [0, 0.1) is 0 Å². The minimum atomic E-state index is -0.00684. The number of methoxy groups -OCH3 is 1. The quantitative estimate of drug-likeness (QED) is 0.445. The van der Waals surface area contributed by atoms with Gasteiger partial charge in [0.25, 0.3) is 0 Å². The summed E-state index contributed by atoms with van der Waals surface area (Å²) in [4.78, 5) is 1.61. The molecule has 1 aromatic heterocycles. The van der Waals surface area contributed by atoms with Crippen LogP contribution in [-0.2, 0) is 4.74 Å². The van der Waals surface area contributed by atoms with Crippen LogP contribution in [0.3, 0.4) is 0 Å². The van der Waals surface area contributed by atoms with Crippen molar-refractivity contribution in [3.63, 3.8) is 0 Å². The highest BCUT2D eigenvalue weighted by molar-refractivity contribution is 5.28. The molecule has 2 rings (SSSR count). The molecule has 6 nitrogen and oxygen atoms in total. The van der Waals surface area contributed by atoms with Gasteiger partial charge in [-0.1, -0.05) is 18.2 Å². The van der Waals surface area contributed by atoms with Crippen molar-refractivity contribution in [3.8, 4) is 5.69 Å². The van der Waals surface area contributed by atoms with E-state index in [2.05, 4.69) is 15.6 Å². The summed E-state index contributed by atoms with van der Waals surface area (Å²) in [5, 5.41) is 8.71. The first-order valence-electron chi connectivity index (χ1n) is 6.28. The van der Waals surface area contributed by atoms with E-state index in [1.807, 2.05) is 30.3 Å². The van der Waals surface area contributed by atoms with Crippen LogP contribution in [0.1, 0.15) is 24.6 Å². The normalized spacial score (nSPS) is 12.5. The monoisotopic (exact) mass is 261 g/mol. The number of hydrogen-bond acceptors (Lipinski definition) is 5. The zero-order valence-electron chi connectivity index (χ0n) is 11.0. The van der Waals surface area contributed by atoms with Crippen molar-refractivity contribution in [3.05, 3.63) is 42.2 Å². The average molecular weight is 261 g/mol. The van der Waals surface area contributed by atoms with E-state index in [0.29, 0.717) is 6.61 Å². The maximum absolute atomic E-state index is 5.57. The summed E-state index contributed by atoms with van der Waals surface area (Å²) in [6.07, 6.45) is 3.52. The molecule has 1 atom stereocenters. The van der Waals surface area contributed by atoms with Gasteiger partial charge in [0.15, 0.2) is 0 Å². The van der Waals surface area contributed by atoms with Gasteiger partial charge in [-0.05, 0) is 25.0 Å². The fourth-order valence-corrected chi connectivity index (χ4v) is 1.87. The third kappa shape index (κ3) is 3.60. The highest BCUT2D eigenvalue weighted by Crippen LogP contribution is 2.15. The van der Waals surface area contributed by atoms with Gasteiger partial charge in [-0.2, -0.15) is 15.0 Å². The fraction of sp³-hybridized carbons (Fsp3) is 0.385. The average Bonchev–Trinajstić information content (AvgIpc) is 2.94. The van der Waals surface area contributed by atoms with E-state index >= 15 is 0 Å². The molecule has 3 N–H and O–H groups in total. The molecule has 1 aromatic carbocycles. The SMILES string of the molecule is COCCCC(NN)c1cnn(-c2ccccc2)n1. The van der Waals surface area contributed by atoms with E-state index in [-0.39, 0.29) is 6.04 Å². The molecule has 0 radical (unpaired) electrons. The van der Waals surface area contributed by atoms with Crippen molar-refractivity contribution >= 4 is 0 Å². The van der Waals surface area contributed by atoms with Crippen molar-refractivity contribution in [2.75, 3.05) is 13.7 Å². The summed E-state index contributed by atoms with van der Waals surface area (Å²) in [7, 11) is 1.69. The van der Waals surface area contributed by atoms with E-state index in [1.54, 1.807) is 18.1 Å². The Kier molecular flexibility index (Phi) is 5.02. The van der Waals surface area contributed by atoms with E-state index in [1.165, 1.54) is 0 Å². The molecule has 6 heteroatoms. The molecule has 0 aliphatic carbocycles. The van der Waals surface area contributed by atoms with Gasteiger partial charge in [-0.25, -0.2) is 0 Å². The second-order valence-corrected chi connectivity index (χ2v) is 4.25. The van der Waals surface area contributed by atoms with Gasteiger partial charge in [0, 0.05) is 13.7 Å². The van der Waals surface area contributed by atoms with Crippen molar-refractivity contribution in [1.29, 1.82) is 0 Å². The van der Waals surface area contributed by atoms with Gasteiger partial charge in [-0.15, -0.1) is 0 Å². The van der Waals surface area contributed by atoms with E-state index in [9.17, 15) is 0 Å². The number of benzene rings is 1. The number of nitrogens with two attached hydrogens (primary N) is 1. The van der Waals surface area contributed by atoms with Crippen molar-refractivity contribution in [2.24, 2.45) is 5.84 Å². The zero-order valence-corrected chi connectivity index (χ0v) is 11.0. The molecule has 0 aliphatic rings. The Bertz CT molecular complexity index is 485. The molecule has 1 unspecified atom stereocenters.